The topological polar surface area (TPSA) is 77.0 Å². The van der Waals surface area contributed by atoms with Crippen LogP contribution in [0.5, 0.6) is 0 Å². The fraction of sp³-hybridized carbons (Fsp3) is 0.250. The normalized spacial score (nSPS) is 14.2. The third kappa shape index (κ3) is 4.18. The molecule has 0 bridgehead atoms. The number of carbonyl (C=O) groups is 1. The Morgan fingerprint density at radius 2 is 2.00 bits per heavy atom. The molecule has 0 spiro atoms. The first kappa shape index (κ1) is 20.5. The van der Waals surface area contributed by atoms with Gasteiger partial charge in [0, 0.05) is 31.0 Å². The molecule has 0 aliphatic carbocycles. The Bertz CT molecular complexity index is 1210. The maximum absolute atomic E-state index is 13.2. The fourth-order valence-corrected chi connectivity index (χ4v) is 4.87. The molecular weight excluding hydrogens is 422 g/mol. The number of furan rings is 1. The first-order chi connectivity index (χ1) is 15.7. The summed E-state index contributed by atoms with van der Waals surface area (Å²) in [5.74, 6) is 1.60. The van der Waals surface area contributed by atoms with Crippen molar-refractivity contribution in [2.75, 3.05) is 6.54 Å². The summed E-state index contributed by atoms with van der Waals surface area (Å²) in [6.45, 7) is 3.80. The Labute approximate surface area is 190 Å². The van der Waals surface area contributed by atoms with Gasteiger partial charge in [-0.2, -0.15) is 0 Å². The molecule has 0 radical (unpaired) electrons. The van der Waals surface area contributed by atoms with Crippen molar-refractivity contribution in [1.82, 2.24) is 24.6 Å². The molecule has 1 aromatic carbocycles. The van der Waals surface area contributed by atoms with Gasteiger partial charge in [0.05, 0.1) is 18.1 Å². The second-order valence-electron chi connectivity index (χ2n) is 7.75. The molecule has 3 aromatic heterocycles. The van der Waals surface area contributed by atoms with Gasteiger partial charge in [0.25, 0.3) is 0 Å². The molecule has 4 aromatic rings. The highest BCUT2D eigenvalue weighted by atomic mass is 32.2. The highest BCUT2D eigenvalue weighted by Gasteiger charge is 2.27. The highest BCUT2D eigenvalue weighted by Crippen LogP contribution is 2.29. The molecule has 0 saturated heterocycles. The minimum absolute atomic E-state index is 0.111. The molecule has 32 heavy (non-hydrogen) atoms. The van der Waals surface area contributed by atoms with Crippen molar-refractivity contribution in [2.24, 2.45) is 0 Å². The summed E-state index contributed by atoms with van der Waals surface area (Å²) < 4.78 is 7.54. The second-order valence-corrected chi connectivity index (χ2v) is 9.06. The van der Waals surface area contributed by atoms with Crippen LogP contribution in [0.1, 0.15) is 23.8 Å². The van der Waals surface area contributed by atoms with E-state index in [1.54, 1.807) is 18.7 Å². The number of hydrogen-bond acceptors (Lipinski definition) is 6. The van der Waals surface area contributed by atoms with Crippen LogP contribution in [0.3, 0.4) is 0 Å². The summed E-state index contributed by atoms with van der Waals surface area (Å²) in [5.41, 5.74) is 3.42. The van der Waals surface area contributed by atoms with Crippen LogP contribution in [0.15, 0.2) is 76.8 Å². The van der Waals surface area contributed by atoms with Crippen LogP contribution in [0.4, 0.5) is 0 Å². The van der Waals surface area contributed by atoms with E-state index in [0.29, 0.717) is 24.1 Å². The van der Waals surface area contributed by atoms with Crippen molar-refractivity contribution in [2.45, 2.75) is 36.8 Å². The van der Waals surface area contributed by atoms with Crippen molar-refractivity contribution < 1.29 is 9.21 Å². The predicted octanol–water partition coefficient (Wildman–Crippen LogP) is 4.05. The molecule has 0 saturated carbocycles. The van der Waals surface area contributed by atoms with Crippen molar-refractivity contribution in [3.8, 4) is 11.4 Å². The van der Waals surface area contributed by atoms with Gasteiger partial charge in [0.2, 0.25) is 5.91 Å². The molecule has 5 rings (SSSR count). The first-order valence-electron chi connectivity index (χ1n) is 10.6. The summed E-state index contributed by atoms with van der Waals surface area (Å²) in [4.78, 5) is 19.4. The zero-order chi connectivity index (χ0) is 21.9. The lowest BCUT2D eigenvalue weighted by atomic mass is 10.00. The quantitative estimate of drug-likeness (QED) is 0.417. The van der Waals surface area contributed by atoms with Crippen LogP contribution in [-0.2, 0) is 24.3 Å². The lowest BCUT2D eigenvalue weighted by molar-refractivity contribution is -0.131. The van der Waals surface area contributed by atoms with Gasteiger partial charge >= 0.3 is 0 Å². The van der Waals surface area contributed by atoms with Gasteiger partial charge in [-0.05, 0) is 48.7 Å². The summed E-state index contributed by atoms with van der Waals surface area (Å²) >= 11 is 1.43. The van der Waals surface area contributed by atoms with Crippen LogP contribution in [-0.4, -0.2) is 42.4 Å². The number of aromatic nitrogens is 4. The van der Waals surface area contributed by atoms with Gasteiger partial charge < -0.3 is 9.32 Å². The zero-order valence-corrected chi connectivity index (χ0v) is 18.5. The number of nitrogens with zero attached hydrogens (tertiary/aromatic N) is 5. The van der Waals surface area contributed by atoms with Crippen molar-refractivity contribution in [3.63, 3.8) is 0 Å². The molecule has 8 heteroatoms. The maximum Gasteiger partial charge on any atom is 0.236 e. The second kappa shape index (κ2) is 9.00. The highest BCUT2D eigenvalue weighted by molar-refractivity contribution is 8.00. The third-order valence-corrected chi connectivity index (χ3v) is 6.67. The minimum Gasteiger partial charge on any atom is -0.467 e. The van der Waals surface area contributed by atoms with E-state index < -0.39 is 0 Å². The summed E-state index contributed by atoms with van der Waals surface area (Å²) in [7, 11) is 0. The molecule has 1 amide bonds. The molecule has 1 unspecified atom stereocenters. The summed E-state index contributed by atoms with van der Waals surface area (Å²) in [6, 6.07) is 15.9. The van der Waals surface area contributed by atoms with E-state index in [0.717, 1.165) is 24.3 Å². The van der Waals surface area contributed by atoms with Crippen LogP contribution < -0.4 is 0 Å². The SMILES string of the molecule is CC(Sc1nnc(-c2cccnc2)n1Cc1ccco1)C(=O)N1CCc2ccccc2C1. The van der Waals surface area contributed by atoms with E-state index in [1.807, 2.05) is 46.7 Å². The minimum atomic E-state index is -0.290. The maximum atomic E-state index is 13.2. The van der Waals surface area contributed by atoms with Crippen molar-refractivity contribution >= 4 is 17.7 Å². The van der Waals surface area contributed by atoms with Gasteiger partial charge in [-0.25, -0.2) is 0 Å². The van der Waals surface area contributed by atoms with E-state index in [9.17, 15) is 4.79 Å². The number of rotatable bonds is 6. The Morgan fingerprint density at radius 1 is 1.12 bits per heavy atom. The number of fused-ring (bicyclic) bond motifs is 1. The zero-order valence-electron chi connectivity index (χ0n) is 17.7. The Balaban J connectivity index is 1.37. The van der Waals surface area contributed by atoms with Gasteiger partial charge in [-0.3, -0.25) is 14.3 Å². The lowest BCUT2D eigenvalue weighted by Crippen LogP contribution is -2.40. The number of thioether (sulfide) groups is 1. The van der Waals surface area contributed by atoms with Gasteiger partial charge in [0.15, 0.2) is 11.0 Å². The van der Waals surface area contributed by atoms with Crippen LogP contribution in [0, 0.1) is 0 Å². The number of amides is 1. The average molecular weight is 446 g/mol. The monoisotopic (exact) mass is 445 g/mol. The number of hydrogen-bond donors (Lipinski definition) is 0. The number of pyridine rings is 1. The Kier molecular flexibility index (Phi) is 5.77. The van der Waals surface area contributed by atoms with Gasteiger partial charge in [-0.15, -0.1) is 10.2 Å². The lowest BCUT2D eigenvalue weighted by Gasteiger charge is -2.30. The standard InChI is InChI=1S/C24H23N5O2S/c1-17(23(30)28-12-10-18-6-2-3-7-20(18)15-28)32-24-27-26-22(19-8-4-11-25-14-19)29(24)16-21-9-5-13-31-21/h2-9,11,13-14,17H,10,12,15-16H2,1H3. The van der Waals surface area contributed by atoms with Crippen LogP contribution in [0.2, 0.25) is 0 Å². The van der Waals surface area contributed by atoms with Crippen molar-refractivity contribution in [3.05, 3.63) is 84.1 Å². The van der Waals surface area contributed by atoms with Gasteiger partial charge in [-0.1, -0.05) is 36.0 Å². The number of carbonyl (C=O) groups excluding carboxylic acids is 1. The summed E-state index contributed by atoms with van der Waals surface area (Å²) in [5, 5.41) is 9.21. The molecule has 1 aliphatic rings. The molecular formula is C24H23N5O2S. The molecule has 0 fully saturated rings. The molecule has 162 valence electrons. The average Bonchev–Trinajstić information content (AvgIpc) is 3.49. The molecule has 7 nitrogen and oxygen atoms in total. The molecule has 1 aliphatic heterocycles. The van der Waals surface area contributed by atoms with E-state index in [1.165, 1.54) is 22.9 Å². The summed E-state index contributed by atoms with van der Waals surface area (Å²) in [6.07, 6.45) is 6.02. The van der Waals surface area contributed by atoms with E-state index in [4.69, 9.17) is 4.42 Å². The molecule has 0 N–H and O–H groups in total. The third-order valence-electron chi connectivity index (χ3n) is 5.60. The largest absolute Gasteiger partial charge is 0.467 e. The molecule has 1 atom stereocenters. The smallest absolute Gasteiger partial charge is 0.236 e. The van der Waals surface area contributed by atoms with Gasteiger partial charge in [0.1, 0.15) is 5.76 Å². The predicted molar refractivity (Wildman–Crippen MR) is 122 cm³/mol. The van der Waals surface area contributed by atoms with E-state index >= 15 is 0 Å². The van der Waals surface area contributed by atoms with Crippen molar-refractivity contribution in [1.29, 1.82) is 0 Å². The van der Waals surface area contributed by atoms with E-state index in [-0.39, 0.29) is 11.2 Å². The van der Waals surface area contributed by atoms with E-state index in [2.05, 4.69) is 33.4 Å². The fourth-order valence-electron chi connectivity index (χ4n) is 3.93. The van der Waals surface area contributed by atoms with Crippen LogP contribution >= 0.6 is 11.8 Å². The Morgan fingerprint density at radius 3 is 2.78 bits per heavy atom. The molecule has 4 heterocycles. The Hall–Kier alpha value is -3.39. The number of benzene rings is 1. The van der Waals surface area contributed by atoms with Crippen LogP contribution in [0.25, 0.3) is 11.4 Å². The first-order valence-corrected chi connectivity index (χ1v) is 11.4.